The Labute approximate surface area is 259 Å². The molecule has 232 valence electrons. The molecule has 0 saturated heterocycles. The molecule has 43 heavy (non-hydrogen) atoms. The minimum Gasteiger partial charge on any atom is -0.458 e. The third-order valence-electron chi connectivity index (χ3n) is 10.6. The molecule has 1 aromatic rings. The molecule has 0 radical (unpaired) electrons. The molecule has 5 aliphatic carbocycles. The third-order valence-corrected chi connectivity index (χ3v) is 13.4. The van der Waals surface area contributed by atoms with Crippen LogP contribution in [0, 0.1) is 29.1 Å². The van der Waals surface area contributed by atoms with Crippen molar-refractivity contribution in [2.24, 2.45) is 29.1 Å². The first-order chi connectivity index (χ1) is 20.2. The number of rotatable bonds is 7. The van der Waals surface area contributed by atoms with Gasteiger partial charge >= 0.3 is 12.1 Å². The summed E-state index contributed by atoms with van der Waals surface area (Å²) in [6.07, 6.45) is 6.03. The number of carbonyl (C=O) groups is 3. The molecule has 1 heterocycles. The van der Waals surface area contributed by atoms with Gasteiger partial charge in [0.25, 0.3) is 0 Å². The van der Waals surface area contributed by atoms with E-state index in [0.717, 1.165) is 5.03 Å². The lowest BCUT2D eigenvalue weighted by molar-refractivity contribution is -0.186. The highest BCUT2D eigenvalue weighted by molar-refractivity contribution is 8.76. The van der Waals surface area contributed by atoms with Gasteiger partial charge in [-0.25, -0.2) is 9.78 Å². The van der Waals surface area contributed by atoms with Gasteiger partial charge in [-0.15, -0.1) is 0 Å². The van der Waals surface area contributed by atoms with Gasteiger partial charge in [0.15, 0.2) is 5.78 Å². The molecular weight excluding hydrogens is 590 g/mol. The van der Waals surface area contributed by atoms with Crippen molar-refractivity contribution in [2.75, 3.05) is 6.61 Å². The van der Waals surface area contributed by atoms with E-state index in [-0.39, 0.29) is 31.0 Å². The van der Waals surface area contributed by atoms with Crippen LogP contribution in [-0.2, 0) is 23.8 Å². The molecule has 2 N–H and O–H groups in total. The van der Waals surface area contributed by atoms with Crippen LogP contribution in [0.5, 0.6) is 0 Å². The lowest BCUT2D eigenvalue weighted by Crippen LogP contribution is -2.61. The Hall–Kier alpha value is -2.34. The fourth-order valence-corrected chi connectivity index (χ4v) is 10.9. The molecule has 0 aromatic carbocycles. The highest BCUT2D eigenvalue weighted by Crippen LogP contribution is 2.76. The van der Waals surface area contributed by atoms with Gasteiger partial charge in [0, 0.05) is 48.0 Å². The molecular formula is C32H39NO8S2. The summed E-state index contributed by atoms with van der Waals surface area (Å²) >= 11 is 0. The number of aliphatic hydroxyl groups is 2. The Kier molecular flexibility index (Phi) is 7.59. The van der Waals surface area contributed by atoms with E-state index in [2.05, 4.69) is 4.98 Å². The summed E-state index contributed by atoms with van der Waals surface area (Å²) in [4.78, 5) is 42.5. The summed E-state index contributed by atoms with van der Waals surface area (Å²) in [5.41, 5.74) is -3.62. The maximum absolute atomic E-state index is 13.3. The van der Waals surface area contributed by atoms with E-state index >= 15 is 0 Å². The summed E-state index contributed by atoms with van der Waals surface area (Å²) in [6.45, 7) is 8.80. The molecule has 1 unspecified atom stereocenters. The molecule has 0 spiro atoms. The quantitative estimate of drug-likeness (QED) is 0.238. The fourth-order valence-electron chi connectivity index (χ4n) is 8.37. The number of hydrogen-bond donors (Lipinski definition) is 2. The van der Waals surface area contributed by atoms with Crippen molar-refractivity contribution in [3.05, 3.63) is 47.7 Å². The number of pyridine rings is 1. The van der Waals surface area contributed by atoms with Crippen molar-refractivity contribution in [2.45, 2.75) is 93.5 Å². The monoisotopic (exact) mass is 629 g/mol. The second-order valence-electron chi connectivity index (χ2n) is 13.5. The summed E-state index contributed by atoms with van der Waals surface area (Å²) in [5, 5.41) is 25.7. The topological polar surface area (TPSA) is 132 Å². The number of nitrogens with zero attached hydrogens (tertiary/aromatic N) is 1. The van der Waals surface area contributed by atoms with E-state index in [4.69, 9.17) is 14.2 Å². The lowest BCUT2D eigenvalue weighted by Gasteiger charge is -2.50. The number of carbonyl (C=O) groups excluding carboxylic acids is 3. The average Bonchev–Trinajstić information content (AvgIpc) is 3.32. The predicted octanol–water partition coefficient (Wildman–Crippen LogP) is 5.06. The number of esters is 1. The normalized spacial score (nSPS) is 40.4. The first kappa shape index (κ1) is 30.7. The largest absolute Gasteiger partial charge is 0.508 e. The van der Waals surface area contributed by atoms with Crippen molar-refractivity contribution in [3.8, 4) is 0 Å². The number of Topliss-reactive ketones (excluding diaryl/α,β-unsaturated/α-hetero) is 1. The van der Waals surface area contributed by atoms with Crippen molar-refractivity contribution < 1.29 is 38.8 Å². The van der Waals surface area contributed by atoms with Crippen LogP contribution >= 0.6 is 21.6 Å². The average molecular weight is 630 g/mol. The van der Waals surface area contributed by atoms with Crippen LogP contribution in [0.2, 0.25) is 0 Å². The number of hydrogen-bond acceptors (Lipinski definition) is 11. The van der Waals surface area contributed by atoms with Crippen LogP contribution in [0.1, 0.15) is 60.3 Å². The Morgan fingerprint density at radius 1 is 1.16 bits per heavy atom. The molecule has 7 atom stereocenters. The van der Waals surface area contributed by atoms with E-state index in [9.17, 15) is 24.6 Å². The van der Waals surface area contributed by atoms with Crippen molar-refractivity contribution in [1.82, 2.24) is 4.98 Å². The van der Waals surface area contributed by atoms with E-state index in [1.165, 1.54) is 6.92 Å². The molecule has 0 aliphatic heterocycles. The summed E-state index contributed by atoms with van der Waals surface area (Å²) in [5.74, 6) is -2.85. The maximum atomic E-state index is 13.3. The minimum atomic E-state index is -1.87. The molecule has 9 nitrogen and oxygen atoms in total. The van der Waals surface area contributed by atoms with Crippen LogP contribution in [0.25, 0.3) is 0 Å². The highest BCUT2D eigenvalue weighted by Gasteiger charge is 2.83. The van der Waals surface area contributed by atoms with Crippen LogP contribution in [-0.4, -0.2) is 67.9 Å². The number of fused-ring (bicyclic) bond motifs is 5. The highest BCUT2D eigenvalue weighted by atomic mass is 33.1. The molecule has 3 fully saturated rings. The van der Waals surface area contributed by atoms with Gasteiger partial charge in [0.05, 0.1) is 5.60 Å². The van der Waals surface area contributed by atoms with Gasteiger partial charge in [0.1, 0.15) is 28.9 Å². The SMILES string of the molecule is CC(=O)O[C@@]12C[C@@H](C)[C@@]3(O)C(C=C(COC(=O)OC4CC(SSc5ccccn5)C4)C[C@]4(O)C(=O)C(C)=C[C@@H]34)[C@H]1C2(C)C. The van der Waals surface area contributed by atoms with E-state index < -0.39 is 51.9 Å². The van der Waals surface area contributed by atoms with Crippen LogP contribution in [0.15, 0.2) is 52.7 Å². The van der Waals surface area contributed by atoms with E-state index in [1.807, 2.05) is 45.0 Å². The number of ether oxygens (including phenoxy) is 3. The zero-order valence-corrected chi connectivity index (χ0v) is 26.7. The predicted molar refractivity (Wildman–Crippen MR) is 161 cm³/mol. The van der Waals surface area contributed by atoms with E-state index in [1.54, 1.807) is 40.8 Å². The number of aromatic nitrogens is 1. The molecule has 11 heteroatoms. The fraction of sp³-hybridized carbons (Fsp3) is 0.625. The Morgan fingerprint density at radius 3 is 2.58 bits per heavy atom. The Balaban J connectivity index is 1.16. The van der Waals surface area contributed by atoms with Gasteiger partial charge < -0.3 is 24.4 Å². The van der Waals surface area contributed by atoms with Crippen molar-refractivity contribution >= 4 is 39.5 Å². The second-order valence-corrected chi connectivity index (χ2v) is 16.0. The first-order valence-corrected chi connectivity index (χ1v) is 17.1. The smallest absolute Gasteiger partial charge is 0.458 e. The van der Waals surface area contributed by atoms with Gasteiger partial charge in [-0.05, 0) is 66.2 Å². The standard InChI is InChI=1S/C32H39NO8S2/c1-17-10-24-30(37,27(17)35)15-20(11-23-26-29(4,5)31(26,41-19(3)34)14-18(2)32(23,24)38)16-39-28(36)40-21-12-22(13-21)42-43-25-8-6-7-9-33-25/h6-11,18,21-24,26,37-38H,12-16H2,1-5H3/t18-,21?,22?,23?,24-,26+,30-,31+,32-/m1/s1. The summed E-state index contributed by atoms with van der Waals surface area (Å²) in [6, 6.07) is 5.77. The summed E-state index contributed by atoms with van der Waals surface area (Å²) < 4.78 is 17.0. The van der Waals surface area contributed by atoms with Crippen molar-refractivity contribution in [3.63, 3.8) is 0 Å². The maximum Gasteiger partial charge on any atom is 0.508 e. The van der Waals surface area contributed by atoms with Crippen LogP contribution < -0.4 is 0 Å². The van der Waals surface area contributed by atoms with Crippen LogP contribution in [0.4, 0.5) is 4.79 Å². The molecule has 0 amide bonds. The second kappa shape index (κ2) is 10.6. The van der Waals surface area contributed by atoms with Crippen LogP contribution in [0.3, 0.4) is 0 Å². The number of ketones is 1. The lowest BCUT2D eigenvalue weighted by atomic mass is 9.60. The Bertz CT molecular complexity index is 1390. The first-order valence-electron chi connectivity index (χ1n) is 14.9. The molecule has 3 saturated carbocycles. The van der Waals surface area contributed by atoms with Gasteiger partial charge in [-0.1, -0.05) is 49.8 Å². The minimum absolute atomic E-state index is 0.0796. The van der Waals surface area contributed by atoms with Gasteiger partial charge in [-0.3, -0.25) is 9.59 Å². The Morgan fingerprint density at radius 2 is 1.91 bits per heavy atom. The zero-order valence-electron chi connectivity index (χ0n) is 25.1. The van der Waals surface area contributed by atoms with Crippen molar-refractivity contribution in [1.29, 1.82) is 0 Å². The molecule has 6 rings (SSSR count). The van der Waals surface area contributed by atoms with Gasteiger partial charge in [0.2, 0.25) is 0 Å². The van der Waals surface area contributed by atoms with Gasteiger partial charge in [-0.2, -0.15) is 0 Å². The summed E-state index contributed by atoms with van der Waals surface area (Å²) in [7, 11) is 3.31. The molecule has 5 aliphatic rings. The van der Waals surface area contributed by atoms with E-state index in [0.29, 0.717) is 35.7 Å². The molecule has 1 aromatic heterocycles. The molecule has 0 bridgehead atoms. The third kappa shape index (κ3) is 4.85. The zero-order chi connectivity index (χ0) is 30.9.